The predicted octanol–water partition coefficient (Wildman–Crippen LogP) is 1.03. The van der Waals surface area contributed by atoms with Crippen molar-refractivity contribution in [3.8, 4) is 0 Å². The molecule has 0 rings (SSSR count). The van der Waals surface area contributed by atoms with Crippen molar-refractivity contribution in [1.29, 1.82) is 0 Å². The zero-order valence-electron chi connectivity index (χ0n) is 10.3. The molecule has 90 valence electrons. The van der Waals surface area contributed by atoms with E-state index in [1.54, 1.807) is 0 Å². The average Bonchev–Trinajstić information content (AvgIpc) is 1.99. The Morgan fingerprint density at radius 2 is 2.00 bits per heavy atom. The fourth-order valence-corrected chi connectivity index (χ4v) is 1.42. The second kappa shape index (κ2) is 6.80. The monoisotopic (exact) mass is 216 g/mol. The minimum Gasteiger partial charge on any atom is -0.481 e. The maximum absolute atomic E-state index is 10.6. The third-order valence-corrected chi connectivity index (χ3v) is 2.19. The van der Waals surface area contributed by atoms with Crippen LogP contribution in [0.5, 0.6) is 0 Å². The Balaban J connectivity index is 3.53. The van der Waals surface area contributed by atoms with Crippen molar-refractivity contribution >= 4 is 5.97 Å². The summed E-state index contributed by atoms with van der Waals surface area (Å²) in [5, 5.41) is 12.0. The van der Waals surface area contributed by atoms with Crippen LogP contribution >= 0.6 is 0 Å². The highest BCUT2D eigenvalue weighted by Gasteiger charge is 2.20. The van der Waals surface area contributed by atoms with Crippen molar-refractivity contribution in [2.75, 3.05) is 33.7 Å². The first-order chi connectivity index (χ1) is 6.83. The molecule has 15 heavy (non-hydrogen) atoms. The quantitative estimate of drug-likeness (QED) is 0.595. The van der Waals surface area contributed by atoms with Gasteiger partial charge in [-0.1, -0.05) is 13.8 Å². The van der Waals surface area contributed by atoms with Crippen LogP contribution < -0.4 is 5.32 Å². The number of nitrogens with one attached hydrogen (secondary N) is 1. The lowest BCUT2D eigenvalue weighted by molar-refractivity contribution is -0.139. The number of rotatable bonds is 8. The maximum atomic E-state index is 10.6. The highest BCUT2D eigenvalue weighted by Crippen LogP contribution is 2.18. The average molecular weight is 216 g/mol. The standard InChI is InChI=1S/C11H24N2O2/c1-11(2,8-10(14)15)9-12-6-5-7-13(3)4/h12H,5-9H2,1-4H3,(H,14,15). The lowest BCUT2D eigenvalue weighted by Gasteiger charge is -2.23. The molecule has 0 aliphatic carbocycles. The summed E-state index contributed by atoms with van der Waals surface area (Å²) in [5.41, 5.74) is -0.163. The first-order valence-corrected chi connectivity index (χ1v) is 5.41. The largest absolute Gasteiger partial charge is 0.481 e. The van der Waals surface area contributed by atoms with Gasteiger partial charge in [0.1, 0.15) is 0 Å². The molecule has 0 aliphatic rings. The molecule has 0 radical (unpaired) electrons. The molecular formula is C11H24N2O2. The topological polar surface area (TPSA) is 52.6 Å². The number of carboxylic acid groups (broad SMARTS) is 1. The zero-order chi connectivity index (χ0) is 11.9. The predicted molar refractivity (Wildman–Crippen MR) is 62.1 cm³/mol. The van der Waals surface area contributed by atoms with E-state index < -0.39 is 5.97 Å². The third kappa shape index (κ3) is 9.69. The van der Waals surface area contributed by atoms with Gasteiger partial charge >= 0.3 is 5.97 Å². The highest BCUT2D eigenvalue weighted by atomic mass is 16.4. The van der Waals surface area contributed by atoms with E-state index >= 15 is 0 Å². The molecule has 4 nitrogen and oxygen atoms in total. The summed E-state index contributed by atoms with van der Waals surface area (Å²) >= 11 is 0. The van der Waals surface area contributed by atoms with Crippen LogP contribution in [-0.4, -0.2) is 49.7 Å². The normalized spacial score (nSPS) is 12.1. The van der Waals surface area contributed by atoms with Crippen LogP contribution in [0.3, 0.4) is 0 Å². The molecular weight excluding hydrogens is 192 g/mol. The van der Waals surface area contributed by atoms with Gasteiger partial charge in [0.05, 0.1) is 6.42 Å². The molecule has 0 aromatic carbocycles. The minimum atomic E-state index is -0.727. The summed E-state index contributed by atoms with van der Waals surface area (Å²) in [6.45, 7) is 6.71. The summed E-state index contributed by atoms with van der Waals surface area (Å²) < 4.78 is 0. The molecule has 0 spiro atoms. The van der Waals surface area contributed by atoms with Crippen molar-refractivity contribution in [3.05, 3.63) is 0 Å². The van der Waals surface area contributed by atoms with Crippen LogP contribution in [0.2, 0.25) is 0 Å². The van der Waals surface area contributed by atoms with E-state index in [2.05, 4.69) is 10.2 Å². The Bertz CT molecular complexity index is 191. The minimum absolute atomic E-state index is 0.163. The van der Waals surface area contributed by atoms with E-state index in [0.29, 0.717) is 0 Å². The smallest absolute Gasteiger partial charge is 0.303 e. The maximum Gasteiger partial charge on any atom is 0.303 e. The van der Waals surface area contributed by atoms with Crippen molar-refractivity contribution in [2.24, 2.45) is 5.41 Å². The summed E-state index contributed by atoms with van der Waals surface area (Å²) in [5.74, 6) is -0.727. The molecule has 0 unspecified atom stereocenters. The SMILES string of the molecule is CN(C)CCCNCC(C)(C)CC(=O)O. The Hall–Kier alpha value is -0.610. The summed E-state index contributed by atoms with van der Waals surface area (Å²) in [6.07, 6.45) is 1.31. The molecule has 0 aliphatic heterocycles. The van der Waals surface area contributed by atoms with Crippen LogP contribution in [0.1, 0.15) is 26.7 Å². The van der Waals surface area contributed by atoms with E-state index in [0.717, 1.165) is 26.1 Å². The van der Waals surface area contributed by atoms with Gasteiger partial charge in [0.2, 0.25) is 0 Å². The molecule has 0 amide bonds. The first-order valence-electron chi connectivity index (χ1n) is 5.41. The Kier molecular flexibility index (Phi) is 6.52. The van der Waals surface area contributed by atoms with Crippen LogP contribution in [0, 0.1) is 5.41 Å². The van der Waals surface area contributed by atoms with Gasteiger partial charge < -0.3 is 15.3 Å². The Morgan fingerprint density at radius 3 is 2.47 bits per heavy atom. The van der Waals surface area contributed by atoms with E-state index in [1.165, 1.54) is 0 Å². The molecule has 0 aromatic heterocycles. The molecule has 0 saturated heterocycles. The van der Waals surface area contributed by atoms with Crippen LogP contribution in [0.15, 0.2) is 0 Å². The van der Waals surface area contributed by atoms with Gasteiger partial charge in [0, 0.05) is 6.54 Å². The number of carboxylic acids is 1. The lowest BCUT2D eigenvalue weighted by atomic mass is 9.89. The van der Waals surface area contributed by atoms with Gasteiger partial charge in [0.15, 0.2) is 0 Å². The van der Waals surface area contributed by atoms with Gasteiger partial charge in [-0.25, -0.2) is 0 Å². The molecule has 0 aromatic rings. The van der Waals surface area contributed by atoms with Crippen LogP contribution in [0.4, 0.5) is 0 Å². The van der Waals surface area contributed by atoms with E-state index in [9.17, 15) is 4.79 Å². The fourth-order valence-electron chi connectivity index (χ4n) is 1.42. The molecule has 2 N–H and O–H groups in total. The molecule has 0 heterocycles. The van der Waals surface area contributed by atoms with Gasteiger partial charge in [0.25, 0.3) is 0 Å². The van der Waals surface area contributed by atoms with Crippen LogP contribution in [0.25, 0.3) is 0 Å². The van der Waals surface area contributed by atoms with E-state index in [4.69, 9.17) is 5.11 Å². The Labute approximate surface area is 92.7 Å². The first kappa shape index (κ1) is 14.4. The van der Waals surface area contributed by atoms with Gasteiger partial charge in [-0.05, 0) is 39.0 Å². The van der Waals surface area contributed by atoms with Crippen molar-refractivity contribution in [2.45, 2.75) is 26.7 Å². The fraction of sp³-hybridized carbons (Fsp3) is 0.909. The molecule has 0 atom stereocenters. The molecule has 0 saturated carbocycles. The summed E-state index contributed by atoms with van der Waals surface area (Å²) in [7, 11) is 4.10. The van der Waals surface area contributed by atoms with Gasteiger partial charge in [-0.15, -0.1) is 0 Å². The van der Waals surface area contributed by atoms with Crippen molar-refractivity contribution in [1.82, 2.24) is 10.2 Å². The number of aliphatic carboxylic acids is 1. The van der Waals surface area contributed by atoms with Crippen LogP contribution in [-0.2, 0) is 4.79 Å². The molecule has 0 fully saturated rings. The van der Waals surface area contributed by atoms with Crippen molar-refractivity contribution in [3.63, 3.8) is 0 Å². The van der Waals surface area contributed by atoms with E-state index in [1.807, 2.05) is 27.9 Å². The summed E-state index contributed by atoms with van der Waals surface area (Å²) in [6, 6.07) is 0. The number of carbonyl (C=O) groups is 1. The lowest BCUT2D eigenvalue weighted by Crippen LogP contribution is -2.32. The molecule has 0 bridgehead atoms. The van der Waals surface area contributed by atoms with E-state index in [-0.39, 0.29) is 11.8 Å². The second-order valence-corrected chi connectivity index (χ2v) is 5.07. The molecule has 4 heteroatoms. The Morgan fingerprint density at radius 1 is 1.40 bits per heavy atom. The van der Waals surface area contributed by atoms with Gasteiger partial charge in [-0.3, -0.25) is 4.79 Å². The number of hydrogen-bond acceptors (Lipinski definition) is 3. The van der Waals surface area contributed by atoms with Crippen molar-refractivity contribution < 1.29 is 9.90 Å². The highest BCUT2D eigenvalue weighted by molar-refractivity contribution is 5.67. The third-order valence-electron chi connectivity index (χ3n) is 2.19. The second-order valence-electron chi connectivity index (χ2n) is 5.07. The zero-order valence-corrected chi connectivity index (χ0v) is 10.3. The number of nitrogens with zero attached hydrogens (tertiary/aromatic N) is 1. The number of hydrogen-bond donors (Lipinski definition) is 2. The summed E-state index contributed by atoms with van der Waals surface area (Å²) in [4.78, 5) is 12.7. The van der Waals surface area contributed by atoms with Gasteiger partial charge in [-0.2, -0.15) is 0 Å².